The van der Waals surface area contributed by atoms with Crippen molar-refractivity contribution in [3.63, 3.8) is 0 Å². The number of carbonyl (C=O) groups excluding carboxylic acids is 2. The number of ketones is 1. The fourth-order valence-corrected chi connectivity index (χ4v) is 2.75. The summed E-state index contributed by atoms with van der Waals surface area (Å²) in [6, 6.07) is 13.2. The van der Waals surface area contributed by atoms with Gasteiger partial charge in [0, 0.05) is 41.3 Å². The van der Waals surface area contributed by atoms with E-state index in [0.717, 1.165) is 16.6 Å². The number of pyridine rings is 1. The minimum atomic E-state index is -0.102. The number of anilines is 1. The van der Waals surface area contributed by atoms with Crippen LogP contribution in [0.2, 0.25) is 0 Å². The lowest BCUT2D eigenvalue weighted by molar-refractivity contribution is -0.116. The van der Waals surface area contributed by atoms with Gasteiger partial charge in [0.1, 0.15) is 5.82 Å². The first kappa shape index (κ1) is 15.9. The van der Waals surface area contributed by atoms with Crippen molar-refractivity contribution in [3.8, 4) is 0 Å². The minimum Gasteiger partial charge on any atom is -0.346 e. The lowest BCUT2D eigenvalue weighted by Crippen LogP contribution is -2.15. The van der Waals surface area contributed by atoms with Crippen LogP contribution in [0.1, 0.15) is 29.4 Å². The summed E-state index contributed by atoms with van der Waals surface area (Å²) in [4.78, 5) is 28.2. The van der Waals surface area contributed by atoms with E-state index in [9.17, 15) is 9.59 Å². The van der Waals surface area contributed by atoms with E-state index in [2.05, 4.69) is 10.3 Å². The van der Waals surface area contributed by atoms with Crippen LogP contribution in [-0.4, -0.2) is 21.2 Å². The average molecular weight is 321 g/mol. The number of aromatic nitrogens is 2. The molecule has 3 rings (SSSR count). The van der Waals surface area contributed by atoms with Gasteiger partial charge in [-0.3, -0.25) is 9.59 Å². The van der Waals surface area contributed by atoms with Gasteiger partial charge in [0.25, 0.3) is 0 Å². The summed E-state index contributed by atoms with van der Waals surface area (Å²) in [5, 5.41) is 3.72. The molecule has 1 amide bonds. The zero-order chi connectivity index (χ0) is 17.1. The first-order chi connectivity index (χ1) is 11.5. The predicted molar refractivity (Wildman–Crippen MR) is 94.2 cm³/mol. The average Bonchev–Trinajstić information content (AvgIpc) is 2.92. The Labute approximate surface area is 140 Å². The molecular weight excluding hydrogens is 302 g/mol. The molecule has 0 radical (unpaired) electrons. The van der Waals surface area contributed by atoms with Crippen LogP contribution in [-0.2, 0) is 11.3 Å². The summed E-state index contributed by atoms with van der Waals surface area (Å²) in [5.41, 5.74) is 2.51. The number of hydrogen-bond acceptors (Lipinski definition) is 3. The molecule has 5 nitrogen and oxygen atoms in total. The van der Waals surface area contributed by atoms with Gasteiger partial charge in [-0.1, -0.05) is 24.3 Å². The molecule has 0 unspecified atom stereocenters. The van der Waals surface area contributed by atoms with Crippen molar-refractivity contribution in [2.24, 2.45) is 0 Å². The number of para-hydroxylation sites is 1. The van der Waals surface area contributed by atoms with Crippen molar-refractivity contribution in [1.82, 2.24) is 9.55 Å². The van der Waals surface area contributed by atoms with Gasteiger partial charge < -0.3 is 9.88 Å². The molecule has 3 aromatic rings. The van der Waals surface area contributed by atoms with Crippen LogP contribution in [0.3, 0.4) is 0 Å². The molecule has 0 fully saturated rings. The molecule has 122 valence electrons. The van der Waals surface area contributed by atoms with Crippen LogP contribution >= 0.6 is 0 Å². The maximum atomic E-state index is 12.1. The van der Waals surface area contributed by atoms with Crippen LogP contribution in [0.25, 0.3) is 10.9 Å². The Morgan fingerprint density at radius 2 is 1.92 bits per heavy atom. The van der Waals surface area contributed by atoms with Gasteiger partial charge in [-0.15, -0.1) is 0 Å². The van der Waals surface area contributed by atoms with Gasteiger partial charge in [0.15, 0.2) is 5.78 Å². The first-order valence-corrected chi connectivity index (χ1v) is 7.87. The Bertz CT molecular complexity index is 912. The number of amides is 1. The number of carbonyl (C=O) groups is 2. The smallest absolute Gasteiger partial charge is 0.227 e. The lowest BCUT2D eigenvalue weighted by atomic mass is 10.1. The highest BCUT2D eigenvalue weighted by atomic mass is 16.1. The number of Topliss-reactive ketones (excluding diaryl/α,β-unsaturated/α-hetero) is 1. The van der Waals surface area contributed by atoms with Gasteiger partial charge in [-0.2, -0.15) is 0 Å². The molecule has 2 heterocycles. The topological polar surface area (TPSA) is 64.0 Å². The molecule has 5 heteroatoms. The summed E-state index contributed by atoms with van der Waals surface area (Å²) < 4.78 is 1.95. The molecule has 1 N–H and O–H groups in total. The van der Waals surface area contributed by atoms with E-state index < -0.39 is 0 Å². The number of rotatable bonds is 5. The van der Waals surface area contributed by atoms with Crippen molar-refractivity contribution < 1.29 is 9.59 Å². The fraction of sp³-hybridized carbons (Fsp3) is 0.211. The highest BCUT2D eigenvalue weighted by molar-refractivity contribution is 6.07. The summed E-state index contributed by atoms with van der Waals surface area (Å²) >= 11 is 0. The SMILES string of the molecule is CC(=O)c1cn(CCC(=O)Nc2cccc(C)n2)c2ccccc12. The van der Waals surface area contributed by atoms with Crippen molar-refractivity contribution in [3.05, 3.63) is 59.9 Å². The van der Waals surface area contributed by atoms with Gasteiger partial charge in [-0.05, 0) is 32.0 Å². The molecule has 0 saturated heterocycles. The molecule has 0 saturated carbocycles. The predicted octanol–water partition coefficient (Wildman–Crippen LogP) is 3.58. The monoisotopic (exact) mass is 321 g/mol. The van der Waals surface area contributed by atoms with E-state index in [0.29, 0.717) is 24.3 Å². The third-order valence-electron chi connectivity index (χ3n) is 3.90. The van der Waals surface area contributed by atoms with Gasteiger partial charge in [0.05, 0.1) is 0 Å². The second-order valence-corrected chi connectivity index (χ2v) is 5.77. The first-order valence-electron chi connectivity index (χ1n) is 7.87. The Kier molecular flexibility index (Phi) is 4.42. The molecule has 24 heavy (non-hydrogen) atoms. The van der Waals surface area contributed by atoms with Gasteiger partial charge in [0.2, 0.25) is 5.91 Å². The van der Waals surface area contributed by atoms with Crippen LogP contribution in [0.4, 0.5) is 5.82 Å². The Morgan fingerprint density at radius 3 is 2.67 bits per heavy atom. The molecular formula is C19H19N3O2. The quantitative estimate of drug-likeness (QED) is 0.731. The Hall–Kier alpha value is -2.95. The number of hydrogen-bond donors (Lipinski definition) is 1. The number of nitrogens with one attached hydrogen (secondary N) is 1. The van der Waals surface area contributed by atoms with Crippen molar-refractivity contribution in [2.75, 3.05) is 5.32 Å². The molecule has 0 aliphatic heterocycles. The zero-order valence-corrected chi connectivity index (χ0v) is 13.7. The summed E-state index contributed by atoms with van der Waals surface area (Å²) in [6.45, 7) is 3.94. The van der Waals surface area contributed by atoms with Crippen LogP contribution in [0.15, 0.2) is 48.7 Å². The summed E-state index contributed by atoms with van der Waals surface area (Å²) in [6.07, 6.45) is 2.14. The van der Waals surface area contributed by atoms with E-state index in [4.69, 9.17) is 0 Å². The molecule has 2 aromatic heterocycles. The van der Waals surface area contributed by atoms with Crippen molar-refractivity contribution >= 4 is 28.4 Å². The van der Waals surface area contributed by atoms with E-state index in [1.165, 1.54) is 0 Å². The maximum Gasteiger partial charge on any atom is 0.227 e. The standard InChI is InChI=1S/C19H19N3O2/c1-13-6-5-9-18(20-13)21-19(24)10-11-22-12-16(14(2)23)15-7-3-4-8-17(15)22/h3-9,12H,10-11H2,1-2H3,(H,20,21,24). The van der Waals surface area contributed by atoms with E-state index in [-0.39, 0.29) is 11.7 Å². The van der Waals surface area contributed by atoms with Gasteiger partial charge in [-0.25, -0.2) is 4.98 Å². The highest BCUT2D eigenvalue weighted by Crippen LogP contribution is 2.22. The van der Waals surface area contributed by atoms with Crippen molar-refractivity contribution in [1.29, 1.82) is 0 Å². The number of fused-ring (bicyclic) bond motifs is 1. The Morgan fingerprint density at radius 1 is 1.12 bits per heavy atom. The van der Waals surface area contributed by atoms with E-state index in [1.807, 2.05) is 54.1 Å². The number of nitrogens with zero attached hydrogens (tertiary/aromatic N) is 2. The highest BCUT2D eigenvalue weighted by Gasteiger charge is 2.12. The van der Waals surface area contributed by atoms with Crippen molar-refractivity contribution in [2.45, 2.75) is 26.8 Å². The largest absolute Gasteiger partial charge is 0.346 e. The van der Waals surface area contributed by atoms with Crippen LogP contribution in [0, 0.1) is 6.92 Å². The summed E-state index contributed by atoms with van der Waals surface area (Å²) in [5.74, 6) is 0.482. The van der Waals surface area contributed by atoms with E-state index in [1.54, 1.807) is 13.0 Å². The molecule has 0 atom stereocenters. The Balaban J connectivity index is 1.74. The third-order valence-corrected chi connectivity index (χ3v) is 3.90. The summed E-state index contributed by atoms with van der Waals surface area (Å²) in [7, 11) is 0. The minimum absolute atomic E-state index is 0.0263. The maximum absolute atomic E-state index is 12.1. The molecule has 0 spiro atoms. The number of aryl methyl sites for hydroxylation is 2. The number of benzene rings is 1. The molecule has 1 aromatic carbocycles. The van der Waals surface area contributed by atoms with Crippen LogP contribution in [0.5, 0.6) is 0 Å². The second kappa shape index (κ2) is 6.66. The third kappa shape index (κ3) is 3.35. The van der Waals surface area contributed by atoms with Gasteiger partial charge >= 0.3 is 0 Å². The fourth-order valence-electron chi connectivity index (χ4n) is 2.75. The second-order valence-electron chi connectivity index (χ2n) is 5.77. The molecule has 0 aliphatic rings. The normalized spacial score (nSPS) is 10.8. The molecule has 0 aliphatic carbocycles. The zero-order valence-electron chi connectivity index (χ0n) is 13.7. The van der Waals surface area contributed by atoms with Crippen LogP contribution < -0.4 is 5.32 Å². The molecule has 0 bridgehead atoms. The van der Waals surface area contributed by atoms with E-state index >= 15 is 0 Å². The lowest BCUT2D eigenvalue weighted by Gasteiger charge is -2.07.